The van der Waals surface area contributed by atoms with E-state index in [1.165, 1.54) is 77.0 Å². The Balaban J connectivity index is 1.67. The predicted octanol–water partition coefficient (Wildman–Crippen LogP) is 5.37. The van der Waals surface area contributed by atoms with E-state index in [2.05, 4.69) is 18.4 Å². The molecule has 1 unspecified atom stereocenters. The molecule has 23 heavy (non-hydrogen) atoms. The fourth-order valence-corrected chi connectivity index (χ4v) is 4.99. The highest BCUT2D eigenvalue weighted by Crippen LogP contribution is 2.41. The number of aliphatic hydroxyl groups is 1. The number of nitrogens with zero attached hydrogens (tertiary/aromatic N) is 1. The van der Waals surface area contributed by atoms with Crippen LogP contribution in [0.1, 0.15) is 84.0 Å². The lowest BCUT2D eigenvalue weighted by molar-refractivity contribution is 0.00742. The minimum Gasteiger partial charge on any atom is -0.375 e. The number of likely N-dealkylation sites (N-methyl/N-ethyl adjacent to an activating group) is 1. The van der Waals surface area contributed by atoms with Crippen molar-refractivity contribution in [2.45, 2.75) is 96.2 Å². The summed E-state index contributed by atoms with van der Waals surface area (Å²) in [6.45, 7) is 6.01. The minimum absolute atomic E-state index is 0.477. The molecule has 134 valence electrons. The van der Waals surface area contributed by atoms with E-state index in [0.717, 1.165) is 17.8 Å². The van der Waals surface area contributed by atoms with Crippen LogP contribution in [0, 0.1) is 17.8 Å². The molecule has 0 heterocycles. The molecule has 2 rings (SSSR count). The smallest absolute Gasteiger partial charge is 0.126 e. The fraction of sp³-hybridized carbons (Fsp3) is 0.905. The number of unbranched alkanes of at least 4 members (excludes halogenated alkanes) is 2. The molecule has 0 aromatic carbocycles. The molecule has 1 atom stereocenters. The van der Waals surface area contributed by atoms with Crippen molar-refractivity contribution < 1.29 is 5.11 Å². The van der Waals surface area contributed by atoms with Crippen LogP contribution in [0.4, 0.5) is 0 Å². The van der Waals surface area contributed by atoms with Gasteiger partial charge in [0.25, 0.3) is 0 Å². The zero-order chi connectivity index (χ0) is 16.7. The molecule has 2 aliphatic rings. The van der Waals surface area contributed by atoms with Gasteiger partial charge in [-0.25, -0.2) is 0 Å². The second-order valence-electron chi connectivity index (χ2n) is 8.16. The number of rotatable bonds is 8. The Hall–Kier alpha value is -0.340. The monoisotopic (exact) mass is 321 g/mol. The summed E-state index contributed by atoms with van der Waals surface area (Å²) in [5.41, 5.74) is 0. The molecule has 0 aromatic rings. The summed E-state index contributed by atoms with van der Waals surface area (Å²) in [7, 11) is 2.04. The molecule has 1 N–H and O–H groups in total. The molecule has 0 bridgehead atoms. The highest BCUT2D eigenvalue weighted by molar-refractivity contribution is 4.87. The Morgan fingerprint density at radius 3 is 2.09 bits per heavy atom. The number of aliphatic hydroxyl groups excluding tert-OH is 1. The van der Waals surface area contributed by atoms with Crippen LogP contribution in [0.3, 0.4) is 0 Å². The highest BCUT2D eigenvalue weighted by Gasteiger charge is 2.32. The van der Waals surface area contributed by atoms with Crippen LogP contribution in [0.2, 0.25) is 0 Å². The number of hydrogen-bond donors (Lipinski definition) is 1. The fourth-order valence-electron chi connectivity index (χ4n) is 4.99. The van der Waals surface area contributed by atoms with Gasteiger partial charge in [-0.15, -0.1) is 0 Å². The van der Waals surface area contributed by atoms with Gasteiger partial charge in [-0.3, -0.25) is 4.90 Å². The molecule has 2 aliphatic carbocycles. The molecule has 2 saturated carbocycles. The maximum absolute atomic E-state index is 9.92. The van der Waals surface area contributed by atoms with Crippen LogP contribution in [-0.4, -0.2) is 29.3 Å². The van der Waals surface area contributed by atoms with E-state index in [9.17, 15) is 5.11 Å². The average molecular weight is 322 g/mol. The SMILES string of the molecule is C=CC(O)N(C)C1CCC(C2CCC(CCCCC)CC2)CC1. The van der Waals surface area contributed by atoms with Gasteiger partial charge in [0.05, 0.1) is 0 Å². The van der Waals surface area contributed by atoms with Gasteiger partial charge >= 0.3 is 0 Å². The molecule has 0 saturated heterocycles. The molecule has 0 amide bonds. The van der Waals surface area contributed by atoms with E-state index >= 15 is 0 Å². The van der Waals surface area contributed by atoms with Crippen LogP contribution in [0.5, 0.6) is 0 Å². The van der Waals surface area contributed by atoms with Crippen LogP contribution in [0.25, 0.3) is 0 Å². The summed E-state index contributed by atoms with van der Waals surface area (Å²) in [5, 5.41) is 9.92. The normalized spacial score (nSPS) is 33.6. The quantitative estimate of drug-likeness (QED) is 0.369. The van der Waals surface area contributed by atoms with Crippen molar-refractivity contribution in [1.82, 2.24) is 4.90 Å². The summed E-state index contributed by atoms with van der Waals surface area (Å²) in [4.78, 5) is 2.11. The van der Waals surface area contributed by atoms with Gasteiger partial charge in [-0.2, -0.15) is 0 Å². The number of hydrogen-bond acceptors (Lipinski definition) is 2. The van der Waals surface area contributed by atoms with Gasteiger partial charge in [0.15, 0.2) is 0 Å². The maximum Gasteiger partial charge on any atom is 0.126 e. The second-order valence-corrected chi connectivity index (χ2v) is 8.16. The molecule has 0 radical (unpaired) electrons. The van der Waals surface area contributed by atoms with Crippen molar-refractivity contribution in [1.29, 1.82) is 0 Å². The van der Waals surface area contributed by atoms with Crippen LogP contribution < -0.4 is 0 Å². The predicted molar refractivity (Wildman–Crippen MR) is 99.3 cm³/mol. The Morgan fingerprint density at radius 1 is 1.00 bits per heavy atom. The first-order valence-electron chi connectivity index (χ1n) is 10.2. The van der Waals surface area contributed by atoms with E-state index in [-0.39, 0.29) is 0 Å². The lowest BCUT2D eigenvalue weighted by Gasteiger charge is -2.40. The summed E-state index contributed by atoms with van der Waals surface area (Å²) in [6, 6.07) is 0.546. The minimum atomic E-state index is -0.477. The first-order chi connectivity index (χ1) is 11.2. The van der Waals surface area contributed by atoms with Gasteiger partial charge in [-0.1, -0.05) is 52.0 Å². The summed E-state index contributed by atoms with van der Waals surface area (Å²) in [5.74, 6) is 2.98. The van der Waals surface area contributed by atoms with Gasteiger partial charge in [0.1, 0.15) is 6.23 Å². The average Bonchev–Trinajstić information content (AvgIpc) is 2.61. The zero-order valence-corrected chi connectivity index (χ0v) is 15.6. The standard InChI is InChI=1S/C21H39NO/c1-4-6-7-8-17-9-11-18(12-10-17)19-13-15-20(16-14-19)22(3)21(23)5-2/h5,17-21,23H,2,4,6-16H2,1,3H3. The van der Waals surface area contributed by atoms with Gasteiger partial charge in [0, 0.05) is 6.04 Å². The second kappa shape index (κ2) is 9.84. The molecule has 2 nitrogen and oxygen atoms in total. The molecule has 2 heteroatoms. The van der Waals surface area contributed by atoms with Crippen molar-refractivity contribution in [3.63, 3.8) is 0 Å². The lowest BCUT2D eigenvalue weighted by Crippen LogP contribution is -2.42. The van der Waals surface area contributed by atoms with Gasteiger partial charge < -0.3 is 5.11 Å². The van der Waals surface area contributed by atoms with Crippen molar-refractivity contribution in [2.75, 3.05) is 7.05 Å². The largest absolute Gasteiger partial charge is 0.375 e. The van der Waals surface area contributed by atoms with Crippen molar-refractivity contribution in [3.8, 4) is 0 Å². The topological polar surface area (TPSA) is 23.5 Å². The summed E-state index contributed by atoms with van der Waals surface area (Å²) in [6.07, 6.45) is 18.1. The van der Waals surface area contributed by atoms with Crippen LogP contribution in [0.15, 0.2) is 12.7 Å². The molecule has 0 aromatic heterocycles. The molecule has 0 aliphatic heterocycles. The molecular weight excluding hydrogens is 282 g/mol. The van der Waals surface area contributed by atoms with E-state index < -0.39 is 6.23 Å². The van der Waals surface area contributed by atoms with Crippen molar-refractivity contribution in [3.05, 3.63) is 12.7 Å². The van der Waals surface area contributed by atoms with E-state index in [1.54, 1.807) is 6.08 Å². The lowest BCUT2D eigenvalue weighted by atomic mass is 9.69. The van der Waals surface area contributed by atoms with Crippen molar-refractivity contribution >= 4 is 0 Å². The Morgan fingerprint density at radius 2 is 1.57 bits per heavy atom. The molecular formula is C21H39NO. The third-order valence-corrected chi connectivity index (χ3v) is 6.72. The Kier molecular flexibility index (Phi) is 8.12. The Bertz CT molecular complexity index is 327. The maximum atomic E-state index is 9.92. The first kappa shape index (κ1) is 19.0. The molecule has 0 spiro atoms. The van der Waals surface area contributed by atoms with Crippen LogP contribution in [-0.2, 0) is 0 Å². The van der Waals surface area contributed by atoms with Crippen molar-refractivity contribution in [2.24, 2.45) is 17.8 Å². The summed E-state index contributed by atoms with van der Waals surface area (Å²) < 4.78 is 0. The third-order valence-electron chi connectivity index (χ3n) is 6.72. The Labute approximate surface area is 144 Å². The molecule has 2 fully saturated rings. The van der Waals surface area contributed by atoms with E-state index in [0.29, 0.717) is 6.04 Å². The zero-order valence-electron chi connectivity index (χ0n) is 15.6. The third kappa shape index (κ3) is 5.60. The van der Waals surface area contributed by atoms with E-state index in [4.69, 9.17) is 0 Å². The van der Waals surface area contributed by atoms with Crippen LogP contribution >= 0.6 is 0 Å². The first-order valence-corrected chi connectivity index (χ1v) is 10.2. The summed E-state index contributed by atoms with van der Waals surface area (Å²) >= 11 is 0. The van der Waals surface area contributed by atoms with Gasteiger partial charge in [-0.05, 0) is 69.4 Å². The highest BCUT2D eigenvalue weighted by atomic mass is 16.3. The van der Waals surface area contributed by atoms with E-state index in [1.807, 2.05) is 7.05 Å². The van der Waals surface area contributed by atoms with Gasteiger partial charge in [0.2, 0.25) is 0 Å².